The van der Waals surface area contributed by atoms with Crippen LogP contribution in [0.2, 0.25) is 0 Å². The van der Waals surface area contributed by atoms with E-state index in [0.717, 1.165) is 16.7 Å². The molecule has 2 rings (SSSR count). The SMILES string of the molecule is Cc1cc(C)c(C(=O)c2ccnnc2)cc1C. The number of ketones is 1. The fraction of sp³-hybridized carbons (Fsp3) is 0.214. The first-order valence-electron chi connectivity index (χ1n) is 5.49. The third kappa shape index (κ3) is 2.23. The number of hydrogen-bond donors (Lipinski definition) is 0. The van der Waals surface area contributed by atoms with Crippen molar-refractivity contribution in [1.29, 1.82) is 0 Å². The zero-order chi connectivity index (χ0) is 12.4. The van der Waals surface area contributed by atoms with Gasteiger partial charge < -0.3 is 0 Å². The van der Waals surface area contributed by atoms with Crippen molar-refractivity contribution in [3.63, 3.8) is 0 Å². The number of carbonyl (C=O) groups is 1. The smallest absolute Gasteiger partial charge is 0.194 e. The number of benzene rings is 1. The van der Waals surface area contributed by atoms with Crippen LogP contribution in [0.4, 0.5) is 0 Å². The first kappa shape index (κ1) is 11.5. The van der Waals surface area contributed by atoms with Gasteiger partial charge >= 0.3 is 0 Å². The van der Waals surface area contributed by atoms with Gasteiger partial charge in [-0.25, -0.2) is 0 Å². The predicted octanol–water partition coefficient (Wildman–Crippen LogP) is 2.63. The summed E-state index contributed by atoms with van der Waals surface area (Å²) < 4.78 is 0. The lowest BCUT2D eigenvalue weighted by atomic mass is 9.96. The molecule has 0 amide bonds. The van der Waals surface area contributed by atoms with Crippen molar-refractivity contribution in [2.24, 2.45) is 0 Å². The maximum Gasteiger partial charge on any atom is 0.194 e. The average Bonchev–Trinajstić information content (AvgIpc) is 2.34. The molecule has 0 radical (unpaired) electrons. The number of nitrogens with zero attached hydrogens (tertiary/aromatic N) is 2. The van der Waals surface area contributed by atoms with E-state index >= 15 is 0 Å². The average molecular weight is 226 g/mol. The molecule has 0 N–H and O–H groups in total. The molecule has 0 aliphatic rings. The summed E-state index contributed by atoms with van der Waals surface area (Å²) in [5.74, 6) is 0.000463. The molecule has 0 fully saturated rings. The Kier molecular flexibility index (Phi) is 3.00. The van der Waals surface area contributed by atoms with Crippen LogP contribution in [-0.4, -0.2) is 16.0 Å². The van der Waals surface area contributed by atoms with Crippen molar-refractivity contribution in [3.8, 4) is 0 Å². The lowest BCUT2D eigenvalue weighted by Gasteiger charge is -2.08. The molecule has 0 bridgehead atoms. The highest BCUT2D eigenvalue weighted by Crippen LogP contribution is 2.18. The van der Waals surface area contributed by atoms with Crippen molar-refractivity contribution in [2.75, 3.05) is 0 Å². The van der Waals surface area contributed by atoms with Crippen LogP contribution in [-0.2, 0) is 0 Å². The zero-order valence-electron chi connectivity index (χ0n) is 10.2. The van der Waals surface area contributed by atoms with Gasteiger partial charge in [0.25, 0.3) is 0 Å². The van der Waals surface area contributed by atoms with Gasteiger partial charge in [-0.2, -0.15) is 10.2 Å². The van der Waals surface area contributed by atoms with Crippen LogP contribution in [0.5, 0.6) is 0 Å². The Morgan fingerprint density at radius 1 is 1.00 bits per heavy atom. The standard InChI is InChI=1S/C14H14N2O/c1-9-6-11(3)13(7-10(9)2)14(17)12-4-5-15-16-8-12/h4-8H,1-3H3. The van der Waals surface area contributed by atoms with Gasteiger partial charge in [0.1, 0.15) is 0 Å². The Hall–Kier alpha value is -2.03. The summed E-state index contributed by atoms with van der Waals surface area (Å²) in [7, 11) is 0. The van der Waals surface area contributed by atoms with Gasteiger partial charge in [-0.1, -0.05) is 6.07 Å². The normalized spacial score (nSPS) is 10.3. The van der Waals surface area contributed by atoms with Gasteiger partial charge in [-0.15, -0.1) is 0 Å². The fourth-order valence-corrected chi connectivity index (χ4v) is 1.79. The molecule has 0 spiro atoms. The second-order valence-corrected chi connectivity index (χ2v) is 4.21. The predicted molar refractivity (Wildman–Crippen MR) is 66.1 cm³/mol. The third-order valence-electron chi connectivity index (χ3n) is 2.93. The zero-order valence-corrected chi connectivity index (χ0v) is 10.2. The minimum Gasteiger partial charge on any atom is -0.289 e. The van der Waals surface area contributed by atoms with Gasteiger partial charge in [0.05, 0.1) is 12.4 Å². The topological polar surface area (TPSA) is 42.9 Å². The van der Waals surface area contributed by atoms with E-state index in [4.69, 9.17) is 0 Å². The highest BCUT2D eigenvalue weighted by atomic mass is 16.1. The number of aryl methyl sites for hydroxylation is 3. The van der Waals surface area contributed by atoms with E-state index in [1.54, 1.807) is 6.07 Å². The van der Waals surface area contributed by atoms with Crippen molar-refractivity contribution in [2.45, 2.75) is 20.8 Å². The van der Waals surface area contributed by atoms with E-state index in [1.165, 1.54) is 18.0 Å². The number of rotatable bonds is 2. The Labute approximate surface area is 101 Å². The largest absolute Gasteiger partial charge is 0.289 e. The molecule has 0 unspecified atom stereocenters. The van der Waals surface area contributed by atoms with Crippen LogP contribution in [0.25, 0.3) is 0 Å². The van der Waals surface area contributed by atoms with E-state index in [-0.39, 0.29) is 5.78 Å². The minimum absolute atomic E-state index is 0.000463. The molecule has 1 aromatic carbocycles. The van der Waals surface area contributed by atoms with Crippen molar-refractivity contribution >= 4 is 5.78 Å². The molecular weight excluding hydrogens is 212 g/mol. The third-order valence-corrected chi connectivity index (χ3v) is 2.93. The van der Waals surface area contributed by atoms with Crippen LogP contribution in [0.15, 0.2) is 30.6 Å². The second-order valence-electron chi connectivity index (χ2n) is 4.21. The van der Waals surface area contributed by atoms with Crippen LogP contribution >= 0.6 is 0 Å². The summed E-state index contributed by atoms with van der Waals surface area (Å²) in [6.07, 6.45) is 3.03. The molecule has 17 heavy (non-hydrogen) atoms. The quantitative estimate of drug-likeness (QED) is 0.739. The van der Waals surface area contributed by atoms with E-state index in [9.17, 15) is 4.79 Å². The van der Waals surface area contributed by atoms with Gasteiger partial charge in [0.15, 0.2) is 5.78 Å². The summed E-state index contributed by atoms with van der Waals surface area (Å²) in [5.41, 5.74) is 4.63. The molecule has 0 atom stereocenters. The van der Waals surface area contributed by atoms with Crippen molar-refractivity contribution in [3.05, 3.63) is 58.4 Å². The molecule has 0 aliphatic carbocycles. The summed E-state index contributed by atoms with van der Waals surface area (Å²) in [4.78, 5) is 12.3. The van der Waals surface area contributed by atoms with Crippen LogP contribution < -0.4 is 0 Å². The van der Waals surface area contributed by atoms with Gasteiger partial charge in [-0.3, -0.25) is 4.79 Å². The van der Waals surface area contributed by atoms with E-state index in [2.05, 4.69) is 10.2 Å². The summed E-state index contributed by atoms with van der Waals surface area (Å²) in [5, 5.41) is 7.40. The van der Waals surface area contributed by atoms with Crippen molar-refractivity contribution in [1.82, 2.24) is 10.2 Å². The van der Waals surface area contributed by atoms with Crippen LogP contribution in [0.1, 0.15) is 32.6 Å². The molecule has 0 saturated carbocycles. The maximum atomic E-state index is 12.3. The Bertz CT molecular complexity index is 562. The highest BCUT2D eigenvalue weighted by Gasteiger charge is 2.12. The molecule has 0 aliphatic heterocycles. The van der Waals surface area contributed by atoms with E-state index in [0.29, 0.717) is 5.56 Å². The van der Waals surface area contributed by atoms with Crippen LogP contribution in [0.3, 0.4) is 0 Å². The van der Waals surface area contributed by atoms with Gasteiger partial charge in [0.2, 0.25) is 0 Å². The molecule has 1 heterocycles. The molecule has 3 heteroatoms. The Balaban J connectivity index is 2.48. The highest BCUT2D eigenvalue weighted by molar-refractivity contribution is 6.09. The lowest BCUT2D eigenvalue weighted by molar-refractivity contribution is 0.103. The van der Waals surface area contributed by atoms with E-state index < -0.39 is 0 Å². The Morgan fingerprint density at radius 2 is 1.71 bits per heavy atom. The summed E-state index contributed by atoms with van der Waals surface area (Å²) in [6.45, 7) is 6.01. The van der Waals surface area contributed by atoms with Gasteiger partial charge in [0, 0.05) is 11.1 Å². The molecule has 86 valence electrons. The van der Waals surface area contributed by atoms with E-state index in [1.807, 2.05) is 32.9 Å². The number of hydrogen-bond acceptors (Lipinski definition) is 3. The lowest BCUT2D eigenvalue weighted by Crippen LogP contribution is -2.05. The molecule has 3 nitrogen and oxygen atoms in total. The Morgan fingerprint density at radius 3 is 2.35 bits per heavy atom. The minimum atomic E-state index is 0.000463. The van der Waals surface area contributed by atoms with Crippen molar-refractivity contribution < 1.29 is 4.79 Å². The number of carbonyl (C=O) groups excluding carboxylic acids is 1. The molecule has 2 aromatic rings. The number of aromatic nitrogens is 2. The molecular formula is C14H14N2O. The first-order chi connectivity index (χ1) is 8.09. The molecule has 0 saturated heterocycles. The fourth-order valence-electron chi connectivity index (χ4n) is 1.79. The summed E-state index contributed by atoms with van der Waals surface area (Å²) in [6, 6.07) is 5.66. The summed E-state index contributed by atoms with van der Waals surface area (Å²) >= 11 is 0. The second kappa shape index (κ2) is 4.45. The first-order valence-corrected chi connectivity index (χ1v) is 5.49. The molecule has 1 aromatic heterocycles. The van der Waals surface area contributed by atoms with Crippen LogP contribution in [0, 0.1) is 20.8 Å². The monoisotopic (exact) mass is 226 g/mol. The maximum absolute atomic E-state index is 12.3. The van der Waals surface area contributed by atoms with Gasteiger partial charge in [-0.05, 0) is 49.6 Å².